The van der Waals surface area contributed by atoms with Crippen LogP contribution in [-0.2, 0) is 0 Å². The second-order valence-corrected chi connectivity index (χ2v) is 5.60. The molecule has 0 heterocycles. The first-order valence-corrected chi connectivity index (χ1v) is 7.52. The summed E-state index contributed by atoms with van der Waals surface area (Å²) < 4.78 is 6.24. The van der Waals surface area contributed by atoms with Crippen LogP contribution in [0.3, 0.4) is 0 Å². The molecule has 0 bridgehead atoms. The van der Waals surface area contributed by atoms with Gasteiger partial charge in [-0.25, -0.2) is 4.79 Å². The Kier molecular flexibility index (Phi) is 5.61. The van der Waals surface area contributed by atoms with Gasteiger partial charge in [0, 0.05) is 10.7 Å². The van der Waals surface area contributed by atoms with Crippen molar-refractivity contribution in [3.63, 3.8) is 0 Å². The third-order valence-corrected chi connectivity index (χ3v) is 3.49. The topological polar surface area (TPSA) is 50.4 Å². The van der Waals surface area contributed by atoms with Gasteiger partial charge in [-0.1, -0.05) is 34.1 Å². The molecule has 5 heteroatoms. The molecule has 0 atom stereocenters. The molecule has 2 N–H and O–H groups in total. The van der Waals surface area contributed by atoms with Crippen LogP contribution in [0.1, 0.15) is 11.1 Å². The smallest absolute Gasteiger partial charge is 0.323 e. The highest BCUT2D eigenvalue weighted by molar-refractivity contribution is 9.10. The zero-order valence-electron chi connectivity index (χ0n) is 12.4. The fraction of sp³-hybridized carbons (Fsp3) is 0.118. The molecular formula is C17H17BrN2O2. The second kappa shape index (κ2) is 7.66. The van der Waals surface area contributed by atoms with Crippen molar-refractivity contribution in [2.75, 3.05) is 12.4 Å². The number of rotatable bonds is 4. The van der Waals surface area contributed by atoms with Gasteiger partial charge >= 0.3 is 6.03 Å². The Labute approximate surface area is 138 Å². The van der Waals surface area contributed by atoms with Crippen molar-refractivity contribution < 1.29 is 9.53 Å². The van der Waals surface area contributed by atoms with E-state index in [0.717, 1.165) is 15.6 Å². The van der Waals surface area contributed by atoms with E-state index in [1.54, 1.807) is 13.3 Å². The van der Waals surface area contributed by atoms with Crippen molar-refractivity contribution in [3.8, 4) is 5.75 Å². The summed E-state index contributed by atoms with van der Waals surface area (Å²) in [6, 6.07) is 13.1. The highest BCUT2D eigenvalue weighted by atomic mass is 79.9. The molecule has 22 heavy (non-hydrogen) atoms. The number of nitrogens with one attached hydrogen (secondary N) is 2. The van der Waals surface area contributed by atoms with Gasteiger partial charge in [0.15, 0.2) is 0 Å². The highest BCUT2D eigenvalue weighted by Gasteiger charge is 2.06. The Bertz CT molecular complexity index is 682. The molecule has 2 aromatic carbocycles. The van der Waals surface area contributed by atoms with Crippen molar-refractivity contribution in [2.24, 2.45) is 0 Å². The first-order valence-electron chi connectivity index (χ1n) is 6.73. The minimum absolute atomic E-state index is 0.322. The van der Waals surface area contributed by atoms with E-state index in [1.807, 2.05) is 55.5 Å². The lowest BCUT2D eigenvalue weighted by molar-refractivity contribution is 0.255. The molecule has 0 saturated carbocycles. The van der Waals surface area contributed by atoms with Crippen LogP contribution in [0.2, 0.25) is 0 Å². The van der Waals surface area contributed by atoms with Crippen LogP contribution in [0.4, 0.5) is 10.5 Å². The lowest BCUT2D eigenvalue weighted by atomic mass is 10.2. The minimum Gasteiger partial charge on any atom is -0.495 e. The van der Waals surface area contributed by atoms with Gasteiger partial charge in [0.05, 0.1) is 12.8 Å². The number of anilines is 1. The number of hydrogen-bond acceptors (Lipinski definition) is 2. The van der Waals surface area contributed by atoms with E-state index >= 15 is 0 Å². The number of ether oxygens (including phenoxy) is 1. The SMILES string of the molecule is COc1ccc(C)cc1NC(=O)N/C=C/c1ccc(Br)cc1. The molecule has 0 aliphatic carbocycles. The van der Waals surface area contributed by atoms with Crippen molar-refractivity contribution in [1.82, 2.24) is 5.32 Å². The van der Waals surface area contributed by atoms with Gasteiger partial charge in [0.2, 0.25) is 0 Å². The first kappa shape index (κ1) is 16.1. The number of carbonyl (C=O) groups is 1. The van der Waals surface area contributed by atoms with Crippen LogP contribution in [0.15, 0.2) is 53.1 Å². The van der Waals surface area contributed by atoms with E-state index in [4.69, 9.17) is 4.74 Å². The van der Waals surface area contributed by atoms with Gasteiger partial charge in [-0.05, 0) is 48.4 Å². The molecule has 4 nitrogen and oxygen atoms in total. The summed E-state index contributed by atoms with van der Waals surface area (Å²) in [7, 11) is 1.57. The Balaban J connectivity index is 1.96. The normalized spacial score (nSPS) is 10.5. The van der Waals surface area contributed by atoms with Crippen LogP contribution in [0, 0.1) is 6.92 Å². The van der Waals surface area contributed by atoms with E-state index in [-0.39, 0.29) is 6.03 Å². The van der Waals surface area contributed by atoms with E-state index in [9.17, 15) is 4.79 Å². The lowest BCUT2D eigenvalue weighted by Gasteiger charge is -2.10. The van der Waals surface area contributed by atoms with Gasteiger partial charge in [0.25, 0.3) is 0 Å². The minimum atomic E-state index is -0.322. The molecule has 0 unspecified atom stereocenters. The van der Waals surface area contributed by atoms with Crippen molar-refractivity contribution in [2.45, 2.75) is 6.92 Å². The molecule has 0 aliphatic heterocycles. The fourth-order valence-electron chi connectivity index (χ4n) is 1.87. The summed E-state index contributed by atoms with van der Waals surface area (Å²) in [4.78, 5) is 11.9. The van der Waals surface area contributed by atoms with Crippen LogP contribution < -0.4 is 15.4 Å². The van der Waals surface area contributed by atoms with E-state index < -0.39 is 0 Å². The van der Waals surface area contributed by atoms with Gasteiger partial charge < -0.3 is 15.4 Å². The predicted molar refractivity (Wildman–Crippen MR) is 93.1 cm³/mol. The maximum atomic E-state index is 11.9. The van der Waals surface area contributed by atoms with Crippen LogP contribution in [-0.4, -0.2) is 13.1 Å². The zero-order valence-corrected chi connectivity index (χ0v) is 14.0. The number of urea groups is 1. The molecule has 0 radical (unpaired) electrons. The van der Waals surface area contributed by atoms with Crippen LogP contribution in [0.25, 0.3) is 6.08 Å². The number of methoxy groups -OCH3 is 1. The summed E-state index contributed by atoms with van der Waals surface area (Å²) in [5.41, 5.74) is 2.68. The maximum absolute atomic E-state index is 11.9. The van der Waals surface area contributed by atoms with Gasteiger partial charge in [-0.2, -0.15) is 0 Å². The number of aryl methyl sites for hydroxylation is 1. The Hall–Kier alpha value is -2.27. The molecule has 0 spiro atoms. The van der Waals surface area contributed by atoms with Gasteiger partial charge in [0.1, 0.15) is 5.75 Å². The fourth-order valence-corrected chi connectivity index (χ4v) is 2.13. The number of benzene rings is 2. The maximum Gasteiger partial charge on any atom is 0.323 e. The number of carbonyl (C=O) groups excluding carboxylic acids is 1. The second-order valence-electron chi connectivity index (χ2n) is 4.69. The lowest BCUT2D eigenvalue weighted by Crippen LogP contribution is -2.24. The van der Waals surface area contributed by atoms with E-state index in [1.165, 1.54) is 0 Å². The molecule has 114 valence electrons. The van der Waals surface area contributed by atoms with Crippen molar-refractivity contribution in [3.05, 3.63) is 64.3 Å². The molecule has 2 rings (SSSR count). The van der Waals surface area contributed by atoms with Gasteiger partial charge in [-0.3, -0.25) is 0 Å². The number of halogens is 1. The van der Waals surface area contributed by atoms with Crippen LogP contribution in [0.5, 0.6) is 5.75 Å². The Morgan fingerprint density at radius 2 is 1.91 bits per heavy atom. The summed E-state index contributed by atoms with van der Waals surface area (Å²) in [6.45, 7) is 1.95. The van der Waals surface area contributed by atoms with E-state index in [2.05, 4.69) is 26.6 Å². The summed E-state index contributed by atoms with van der Waals surface area (Å²) in [5, 5.41) is 5.43. The van der Waals surface area contributed by atoms with E-state index in [0.29, 0.717) is 11.4 Å². The molecule has 0 aromatic heterocycles. The molecule has 0 saturated heterocycles. The molecule has 0 fully saturated rings. The largest absolute Gasteiger partial charge is 0.495 e. The van der Waals surface area contributed by atoms with Crippen molar-refractivity contribution in [1.29, 1.82) is 0 Å². The van der Waals surface area contributed by atoms with Crippen molar-refractivity contribution >= 4 is 33.7 Å². The average molecular weight is 361 g/mol. The molecule has 0 aliphatic rings. The highest BCUT2D eigenvalue weighted by Crippen LogP contribution is 2.24. The number of amides is 2. The average Bonchev–Trinajstić information content (AvgIpc) is 2.49. The summed E-state index contributed by atoms with van der Waals surface area (Å²) in [5.74, 6) is 0.623. The Morgan fingerprint density at radius 3 is 2.59 bits per heavy atom. The zero-order chi connectivity index (χ0) is 15.9. The molecule has 2 amide bonds. The van der Waals surface area contributed by atoms with Crippen LogP contribution >= 0.6 is 15.9 Å². The Morgan fingerprint density at radius 1 is 1.18 bits per heavy atom. The predicted octanol–water partition coefficient (Wildman–Crippen LogP) is 4.56. The van der Waals surface area contributed by atoms with Gasteiger partial charge in [-0.15, -0.1) is 0 Å². The summed E-state index contributed by atoms with van der Waals surface area (Å²) >= 11 is 3.38. The number of hydrogen-bond donors (Lipinski definition) is 2. The first-order chi connectivity index (χ1) is 10.6. The standard InChI is InChI=1S/C17H17BrN2O2/c1-12-3-8-16(22-2)15(11-12)20-17(21)19-10-9-13-4-6-14(18)7-5-13/h3-11H,1-2H3,(H2,19,20,21)/b10-9+. The third-order valence-electron chi connectivity index (χ3n) is 2.96. The monoisotopic (exact) mass is 360 g/mol. The third kappa shape index (κ3) is 4.63. The summed E-state index contributed by atoms with van der Waals surface area (Å²) in [6.07, 6.45) is 3.42. The molecule has 2 aromatic rings. The molecular weight excluding hydrogens is 344 g/mol. The quantitative estimate of drug-likeness (QED) is 0.839.